The molecule has 1 saturated heterocycles. The molecule has 1 aromatic carbocycles. The van der Waals surface area contributed by atoms with E-state index in [1.807, 2.05) is 6.07 Å². The second-order valence-corrected chi connectivity index (χ2v) is 9.49. The summed E-state index contributed by atoms with van der Waals surface area (Å²) < 4.78 is 13.7. The lowest BCUT2D eigenvalue weighted by molar-refractivity contribution is -0.128. The first-order valence-electron chi connectivity index (χ1n) is 10.6. The van der Waals surface area contributed by atoms with Crippen molar-refractivity contribution in [2.75, 3.05) is 26.2 Å². The molecule has 1 amide bonds. The summed E-state index contributed by atoms with van der Waals surface area (Å²) in [5.74, 6) is 2.43. The van der Waals surface area contributed by atoms with E-state index in [9.17, 15) is 9.18 Å². The van der Waals surface area contributed by atoms with Crippen LogP contribution in [0.25, 0.3) is 0 Å². The Bertz CT molecular complexity index is 686. The Balaban J connectivity index is 1.27. The number of hydrogen-bond donors (Lipinski definition) is 2. The summed E-state index contributed by atoms with van der Waals surface area (Å²) in [6.45, 7) is 2.85. The lowest BCUT2D eigenvalue weighted by Gasteiger charge is -2.57. The number of rotatable bonds is 4. The quantitative estimate of drug-likeness (QED) is 0.855. The first-order chi connectivity index (χ1) is 13.1. The standard InChI is InChI=1S/C22H30FN3O/c23-19-3-1-2-18(9-19)20-13-24-4-5-26(20)14-21(27)25-22-10-15-6-16(11-22)8-17(7-15)12-22/h1-3,9,15-17,20,24H,4-8,10-14H2,(H,25,27). The molecule has 1 aliphatic heterocycles. The molecule has 146 valence electrons. The summed E-state index contributed by atoms with van der Waals surface area (Å²) in [5.41, 5.74) is 1.01. The van der Waals surface area contributed by atoms with Crippen LogP contribution in [-0.4, -0.2) is 42.5 Å². The van der Waals surface area contributed by atoms with Gasteiger partial charge in [0.25, 0.3) is 0 Å². The molecule has 1 unspecified atom stereocenters. The highest BCUT2D eigenvalue weighted by atomic mass is 19.1. The molecule has 4 saturated carbocycles. The van der Waals surface area contributed by atoms with E-state index >= 15 is 0 Å². The second-order valence-electron chi connectivity index (χ2n) is 9.49. The van der Waals surface area contributed by atoms with Gasteiger partial charge in [0.1, 0.15) is 5.82 Å². The fourth-order valence-electron chi connectivity index (χ4n) is 6.76. The lowest BCUT2D eigenvalue weighted by atomic mass is 9.53. The van der Waals surface area contributed by atoms with Crippen molar-refractivity contribution in [3.05, 3.63) is 35.6 Å². The van der Waals surface area contributed by atoms with E-state index in [0.29, 0.717) is 6.54 Å². The summed E-state index contributed by atoms with van der Waals surface area (Å²) >= 11 is 0. The molecule has 5 heteroatoms. The summed E-state index contributed by atoms with van der Waals surface area (Å²) in [7, 11) is 0. The van der Waals surface area contributed by atoms with Gasteiger partial charge in [-0.2, -0.15) is 0 Å². The van der Waals surface area contributed by atoms with E-state index in [2.05, 4.69) is 15.5 Å². The monoisotopic (exact) mass is 371 g/mol. The maximum atomic E-state index is 13.7. The topological polar surface area (TPSA) is 44.4 Å². The zero-order valence-electron chi connectivity index (χ0n) is 15.9. The van der Waals surface area contributed by atoms with Gasteiger partial charge in [0, 0.05) is 31.2 Å². The van der Waals surface area contributed by atoms with Gasteiger partial charge in [-0.15, -0.1) is 0 Å². The van der Waals surface area contributed by atoms with Gasteiger partial charge in [0.2, 0.25) is 5.91 Å². The van der Waals surface area contributed by atoms with Crippen LogP contribution in [0.4, 0.5) is 4.39 Å². The van der Waals surface area contributed by atoms with Gasteiger partial charge in [-0.1, -0.05) is 12.1 Å². The number of piperazine rings is 1. The summed E-state index contributed by atoms with van der Waals surface area (Å²) in [5, 5.41) is 6.87. The highest BCUT2D eigenvalue weighted by Crippen LogP contribution is 2.55. The largest absolute Gasteiger partial charge is 0.350 e. The van der Waals surface area contributed by atoms with Crippen LogP contribution in [0, 0.1) is 23.6 Å². The van der Waals surface area contributed by atoms with E-state index in [-0.39, 0.29) is 23.3 Å². The Morgan fingerprint density at radius 2 is 1.89 bits per heavy atom. The van der Waals surface area contributed by atoms with Crippen LogP contribution in [0.15, 0.2) is 24.3 Å². The molecular weight excluding hydrogens is 341 g/mol. The molecule has 1 atom stereocenters. The lowest BCUT2D eigenvalue weighted by Crippen LogP contribution is -2.61. The zero-order valence-corrected chi connectivity index (χ0v) is 15.9. The van der Waals surface area contributed by atoms with Crippen molar-refractivity contribution in [2.24, 2.45) is 17.8 Å². The second kappa shape index (κ2) is 6.85. The van der Waals surface area contributed by atoms with Crippen LogP contribution in [0.1, 0.15) is 50.1 Å². The number of amides is 1. The maximum absolute atomic E-state index is 13.7. The third-order valence-electron chi connectivity index (χ3n) is 7.38. The number of nitrogens with zero attached hydrogens (tertiary/aromatic N) is 1. The SMILES string of the molecule is O=C(CN1CCNCC1c1cccc(F)c1)NC12CC3CC(CC(C3)C1)C2. The third kappa shape index (κ3) is 3.52. The predicted molar refractivity (Wildman–Crippen MR) is 103 cm³/mol. The minimum Gasteiger partial charge on any atom is -0.350 e. The van der Waals surface area contributed by atoms with Gasteiger partial charge in [0.15, 0.2) is 0 Å². The van der Waals surface area contributed by atoms with Crippen molar-refractivity contribution in [3.8, 4) is 0 Å². The van der Waals surface area contributed by atoms with E-state index in [1.165, 1.54) is 44.6 Å². The van der Waals surface area contributed by atoms with Gasteiger partial charge in [-0.05, 0) is 74.0 Å². The van der Waals surface area contributed by atoms with Crippen molar-refractivity contribution in [1.29, 1.82) is 0 Å². The molecule has 0 radical (unpaired) electrons. The maximum Gasteiger partial charge on any atom is 0.234 e. The van der Waals surface area contributed by atoms with E-state index in [0.717, 1.165) is 43.0 Å². The van der Waals surface area contributed by atoms with Crippen molar-refractivity contribution >= 4 is 5.91 Å². The van der Waals surface area contributed by atoms with Crippen molar-refractivity contribution < 1.29 is 9.18 Å². The van der Waals surface area contributed by atoms with Crippen LogP contribution in [0.2, 0.25) is 0 Å². The minimum absolute atomic E-state index is 0.0524. The van der Waals surface area contributed by atoms with Crippen LogP contribution < -0.4 is 10.6 Å². The molecule has 6 rings (SSSR count). The van der Waals surface area contributed by atoms with Gasteiger partial charge < -0.3 is 10.6 Å². The summed E-state index contributed by atoms with van der Waals surface area (Å²) in [4.78, 5) is 15.2. The molecule has 0 spiro atoms. The Morgan fingerprint density at radius 3 is 2.56 bits per heavy atom. The molecule has 5 fully saturated rings. The normalized spacial score (nSPS) is 38.1. The zero-order chi connectivity index (χ0) is 18.4. The molecule has 2 N–H and O–H groups in total. The average Bonchev–Trinajstić information content (AvgIpc) is 2.60. The Labute approximate surface area is 160 Å². The molecule has 4 bridgehead atoms. The van der Waals surface area contributed by atoms with E-state index in [1.54, 1.807) is 12.1 Å². The first kappa shape index (κ1) is 17.6. The molecule has 4 nitrogen and oxygen atoms in total. The molecule has 1 aromatic rings. The van der Waals surface area contributed by atoms with Crippen LogP contribution >= 0.6 is 0 Å². The van der Waals surface area contributed by atoms with Crippen molar-refractivity contribution in [1.82, 2.24) is 15.5 Å². The molecule has 0 aromatic heterocycles. The number of hydrogen-bond acceptors (Lipinski definition) is 3. The van der Waals surface area contributed by atoms with Crippen molar-refractivity contribution in [2.45, 2.75) is 50.1 Å². The Morgan fingerprint density at radius 1 is 1.19 bits per heavy atom. The van der Waals surface area contributed by atoms with Crippen LogP contribution in [0.5, 0.6) is 0 Å². The Kier molecular flexibility index (Phi) is 4.47. The highest BCUT2D eigenvalue weighted by molar-refractivity contribution is 5.79. The number of benzene rings is 1. The smallest absolute Gasteiger partial charge is 0.234 e. The van der Waals surface area contributed by atoms with Crippen LogP contribution in [-0.2, 0) is 4.79 Å². The molecule has 27 heavy (non-hydrogen) atoms. The van der Waals surface area contributed by atoms with E-state index < -0.39 is 0 Å². The number of carbonyl (C=O) groups is 1. The van der Waals surface area contributed by atoms with Crippen LogP contribution in [0.3, 0.4) is 0 Å². The fraction of sp³-hybridized carbons (Fsp3) is 0.682. The number of carbonyl (C=O) groups excluding carboxylic acids is 1. The van der Waals surface area contributed by atoms with E-state index in [4.69, 9.17) is 0 Å². The fourth-order valence-corrected chi connectivity index (χ4v) is 6.76. The summed E-state index contributed by atoms with van der Waals surface area (Å²) in [6, 6.07) is 6.85. The molecular formula is C22H30FN3O. The summed E-state index contributed by atoms with van der Waals surface area (Å²) in [6.07, 6.45) is 7.69. The first-order valence-corrected chi connectivity index (χ1v) is 10.6. The highest BCUT2D eigenvalue weighted by Gasteiger charge is 2.51. The molecule has 4 aliphatic carbocycles. The Hall–Kier alpha value is -1.46. The van der Waals surface area contributed by atoms with Gasteiger partial charge in [-0.25, -0.2) is 4.39 Å². The third-order valence-corrected chi connectivity index (χ3v) is 7.38. The molecule has 5 aliphatic rings. The van der Waals surface area contributed by atoms with Gasteiger partial charge >= 0.3 is 0 Å². The molecule has 1 heterocycles. The number of halogens is 1. The average molecular weight is 372 g/mol. The minimum atomic E-state index is -0.212. The van der Waals surface area contributed by atoms with Gasteiger partial charge in [-0.3, -0.25) is 9.69 Å². The number of nitrogens with one attached hydrogen (secondary N) is 2. The van der Waals surface area contributed by atoms with Gasteiger partial charge in [0.05, 0.1) is 6.54 Å². The predicted octanol–water partition coefficient (Wildman–Crippen LogP) is 2.86. The van der Waals surface area contributed by atoms with Crippen molar-refractivity contribution in [3.63, 3.8) is 0 Å².